The van der Waals surface area contributed by atoms with Crippen molar-refractivity contribution in [1.82, 2.24) is 15.0 Å². The molecule has 7 heteroatoms. The minimum Gasteiger partial charge on any atom is -0.495 e. The average Bonchev–Trinajstić information content (AvgIpc) is 2.61. The summed E-state index contributed by atoms with van der Waals surface area (Å²) in [6.07, 6.45) is 3.25. The Morgan fingerprint density at radius 1 is 1.04 bits per heavy atom. The zero-order valence-corrected chi connectivity index (χ0v) is 13.8. The van der Waals surface area contributed by atoms with Crippen molar-refractivity contribution in [2.45, 2.75) is 6.54 Å². The molecule has 0 aliphatic carbocycles. The van der Waals surface area contributed by atoms with Crippen molar-refractivity contribution in [1.29, 1.82) is 0 Å². The van der Waals surface area contributed by atoms with Crippen molar-refractivity contribution < 1.29 is 4.74 Å². The molecule has 0 radical (unpaired) electrons. The standard InChI is InChI=1S/C17H16ClN5O/c1-24-15-6-5-12(18)8-14(15)23-17-9-16(21-11-22-17)20-10-13-4-2-3-7-19-13/h2-9,11H,10H2,1H3,(H2,20,21,22,23). The van der Waals surface area contributed by atoms with E-state index in [2.05, 4.69) is 25.6 Å². The van der Waals surface area contributed by atoms with E-state index in [1.807, 2.05) is 24.3 Å². The fraction of sp³-hybridized carbons (Fsp3) is 0.118. The number of hydrogen-bond donors (Lipinski definition) is 2. The molecule has 1 aromatic carbocycles. The summed E-state index contributed by atoms with van der Waals surface area (Å²) in [7, 11) is 1.61. The summed E-state index contributed by atoms with van der Waals surface area (Å²) in [5, 5.41) is 7.01. The lowest BCUT2D eigenvalue weighted by molar-refractivity contribution is 0.417. The molecule has 122 valence electrons. The highest BCUT2D eigenvalue weighted by Crippen LogP contribution is 2.30. The SMILES string of the molecule is COc1ccc(Cl)cc1Nc1cc(NCc2ccccn2)ncn1. The quantitative estimate of drug-likeness (QED) is 0.708. The van der Waals surface area contributed by atoms with Crippen LogP contribution in [0.4, 0.5) is 17.3 Å². The summed E-state index contributed by atoms with van der Waals surface area (Å²) in [5.74, 6) is 2.01. The third kappa shape index (κ3) is 4.11. The molecule has 2 heterocycles. The van der Waals surface area contributed by atoms with Crippen LogP contribution in [0.5, 0.6) is 5.75 Å². The summed E-state index contributed by atoms with van der Waals surface area (Å²) in [6.45, 7) is 0.581. The molecule has 0 saturated heterocycles. The third-order valence-corrected chi connectivity index (χ3v) is 3.50. The predicted molar refractivity (Wildman–Crippen MR) is 94.9 cm³/mol. The molecular weight excluding hydrogens is 326 g/mol. The van der Waals surface area contributed by atoms with E-state index in [0.717, 1.165) is 11.4 Å². The Balaban J connectivity index is 1.72. The molecule has 0 spiro atoms. The van der Waals surface area contributed by atoms with Crippen molar-refractivity contribution in [2.24, 2.45) is 0 Å². The first kappa shape index (κ1) is 16.0. The molecule has 0 aliphatic rings. The Morgan fingerprint density at radius 3 is 2.71 bits per heavy atom. The minimum atomic E-state index is 0.581. The highest BCUT2D eigenvalue weighted by atomic mass is 35.5. The summed E-state index contributed by atoms with van der Waals surface area (Å²) in [6, 6.07) is 12.9. The lowest BCUT2D eigenvalue weighted by Gasteiger charge is -2.12. The van der Waals surface area contributed by atoms with Crippen molar-refractivity contribution >= 4 is 28.9 Å². The highest BCUT2D eigenvalue weighted by Gasteiger charge is 2.06. The molecule has 0 aliphatic heterocycles. The summed E-state index contributed by atoms with van der Waals surface area (Å²) < 4.78 is 5.32. The first-order chi connectivity index (χ1) is 11.7. The van der Waals surface area contributed by atoms with E-state index in [9.17, 15) is 0 Å². The molecule has 2 N–H and O–H groups in total. The molecule has 0 fully saturated rings. The number of nitrogens with zero attached hydrogens (tertiary/aromatic N) is 3. The maximum absolute atomic E-state index is 6.04. The van der Waals surface area contributed by atoms with Gasteiger partial charge in [-0.3, -0.25) is 4.98 Å². The molecule has 3 rings (SSSR count). The topological polar surface area (TPSA) is 72.0 Å². The number of halogens is 1. The molecule has 3 aromatic rings. The van der Waals surface area contributed by atoms with Gasteiger partial charge in [-0.05, 0) is 30.3 Å². The van der Waals surface area contributed by atoms with Crippen LogP contribution in [0.25, 0.3) is 0 Å². The third-order valence-electron chi connectivity index (χ3n) is 3.27. The van der Waals surface area contributed by atoms with Crippen LogP contribution in [-0.4, -0.2) is 22.1 Å². The van der Waals surface area contributed by atoms with Gasteiger partial charge in [0.15, 0.2) is 0 Å². The van der Waals surface area contributed by atoms with Gasteiger partial charge in [0.25, 0.3) is 0 Å². The van der Waals surface area contributed by atoms with Gasteiger partial charge in [-0.1, -0.05) is 17.7 Å². The van der Waals surface area contributed by atoms with Gasteiger partial charge in [-0.2, -0.15) is 0 Å². The summed E-state index contributed by atoms with van der Waals surface area (Å²) in [4.78, 5) is 12.7. The van der Waals surface area contributed by atoms with Crippen LogP contribution in [0.2, 0.25) is 5.02 Å². The second-order valence-electron chi connectivity index (χ2n) is 4.93. The average molecular weight is 342 g/mol. The molecule has 0 amide bonds. The molecule has 0 unspecified atom stereocenters. The van der Waals surface area contributed by atoms with Gasteiger partial charge >= 0.3 is 0 Å². The lowest BCUT2D eigenvalue weighted by atomic mass is 10.3. The molecule has 24 heavy (non-hydrogen) atoms. The van der Waals surface area contributed by atoms with Gasteiger partial charge in [0.2, 0.25) is 0 Å². The van der Waals surface area contributed by atoms with Gasteiger partial charge in [-0.25, -0.2) is 9.97 Å². The minimum absolute atomic E-state index is 0.581. The van der Waals surface area contributed by atoms with E-state index in [-0.39, 0.29) is 0 Å². The Morgan fingerprint density at radius 2 is 1.92 bits per heavy atom. The Kier molecular flexibility index (Phi) is 5.08. The molecule has 2 aromatic heterocycles. The second-order valence-corrected chi connectivity index (χ2v) is 5.37. The fourth-order valence-electron chi connectivity index (χ4n) is 2.12. The number of anilines is 3. The number of benzene rings is 1. The first-order valence-electron chi connectivity index (χ1n) is 7.31. The predicted octanol–water partition coefficient (Wildman–Crippen LogP) is 3.89. The van der Waals surface area contributed by atoms with Gasteiger partial charge in [0, 0.05) is 17.3 Å². The van der Waals surface area contributed by atoms with Crippen LogP contribution in [0.15, 0.2) is 55.0 Å². The number of ether oxygens (including phenoxy) is 1. The van der Waals surface area contributed by atoms with E-state index < -0.39 is 0 Å². The van der Waals surface area contributed by atoms with E-state index in [4.69, 9.17) is 16.3 Å². The van der Waals surface area contributed by atoms with Gasteiger partial charge in [0.1, 0.15) is 23.7 Å². The maximum atomic E-state index is 6.04. The Labute approximate surface area is 144 Å². The maximum Gasteiger partial charge on any atom is 0.142 e. The van der Waals surface area contributed by atoms with Crippen molar-refractivity contribution in [3.05, 3.63) is 65.7 Å². The monoisotopic (exact) mass is 341 g/mol. The number of rotatable bonds is 6. The van der Waals surface area contributed by atoms with E-state index in [0.29, 0.717) is 29.0 Å². The number of pyridine rings is 1. The Bertz CT molecular complexity index is 813. The summed E-state index contributed by atoms with van der Waals surface area (Å²) in [5.41, 5.74) is 1.67. The van der Waals surface area contributed by atoms with Crippen LogP contribution < -0.4 is 15.4 Å². The van der Waals surface area contributed by atoms with Gasteiger partial charge in [0.05, 0.1) is 25.0 Å². The second kappa shape index (κ2) is 7.61. The van der Waals surface area contributed by atoms with Crippen molar-refractivity contribution in [3.8, 4) is 5.75 Å². The van der Waals surface area contributed by atoms with Crippen molar-refractivity contribution in [2.75, 3.05) is 17.7 Å². The Hall–Kier alpha value is -2.86. The van der Waals surface area contributed by atoms with E-state index in [1.165, 1.54) is 6.33 Å². The zero-order chi connectivity index (χ0) is 16.8. The smallest absolute Gasteiger partial charge is 0.142 e. The largest absolute Gasteiger partial charge is 0.495 e. The van der Waals surface area contributed by atoms with E-state index >= 15 is 0 Å². The first-order valence-corrected chi connectivity index (χ1v) is 7.69. The fourth-order valence-corrected chi connectivity index (χ4v) is 2.29. The number of nitrogens with one attached hydrogen (secondary N) is 2. The van der Waals surface area contributed by atoms with Crippen LogP contribution in [0, 0.1) is 0 Å². The number of methoxy groups -OCH3 is 1. The number of aromatic nitrogens is 3. The van der Waals surface area contributed by atoms with Crippen LogP contribution in [0.1, 0.15) is 5.69 Å². The normalized spacial score (nSPS) is 10.2. The lowest BCUT2D eigenvalue weighted by Crippen LogP contribution is -2.04. The van der Waals surface area contributed by atoms with Gasteiger partial charge in [-0.15, -0.1) is 0 Å². The summed E-state index contributed by atoms with van der Waals surface area (Å²) >= 11 is 6.04. The highest BCUT2D eigenvalue weighted by molar-refractivity contribution is 6.31. The van der Waals surface area contributed by atoms with Crippen LogP contribution >= 0.6 is 11.6 Å². The molecule has 0 saturated carbocycles. The van der Waals surface area contributed by atoms with Gasteiger partial charge < -0.3 is 15.4 Å². The van der Waals surface area contributed by atoms with E-state index in [1.54, 1.807) is 31.5 Å². The van der Waals surface area contributed by atoms with Crippen LogP contribution in [0.3, 0.4) is 0 Å². The van der Waals surface area contributed by atoms with Crippen LogP contribution in [-0.2, 0) is 6.54 Å². The van der Waals surface area contributed by atoms with Crippen molar-refractivity contribution in [3.63, 3.8) is 0 Å². The zero-order valence-electron chi connectivity index (χ0n) is 13.0. The number of hydrogen-bond acceptors (Lipinski definition) is 6. The molecular formula is C17H16ClN5O. The molecule has 6 nitrogen and oxygen atoms in total. The molecule has 0 atom stereocenters. The molecule has 0 bridgehead atoms.